The average molecular weight is 523 g/mol. The molecular weight excluding hydrogens is 492 g/mol. The van der Waals surface area contributed by atoms with Gasteiger partial charge in [0.05, 0.1) is 30.0 Å². The molecule has 2 aromatic heterocycles. The molecule has 1 fully saturated rings. The normalized spacial score (nSPS) is 13.9. The highest BCUT2D eigenvalue weighted by molar-refractivity contribution is 6.31. The summed E-state index contributed by atoms with van der Waals surface area (Å²) in [7, 11) is 3.99. The summed E-state index contributed by atoms with van der Waals surface area (Å²) in [6.07, 6.45) is 6.82. The summed E-state index contributed by atoms with van der Waals surface area (Å²) in [4.78, 5) is 25.2. The molecule has 3 heterocycles. The Labute approximate surface area is 222 Å². The molecular formula is C28H31ClN4O4. The highest BCUT2D eigenvalue weighted by Gasteiger charge is 2.19. The summed E-state index contributed by atoms with van der Waals surface area (Å²) in [5, 5.41) is 1.35. The number of pyridine rings is 2. The van der Waals surface area contributed by atoms with Crippen molar-refractivity contribution in [3.05, 3.63) is 77.2 Å². The zero-order chi connectivity index (χ0) is 26.4. The van der Waals surface area contributed by atoms with Crippen LogP contribution in [0.5, 0.6) is 11.5 Å². The number of aryl methyl sites for hydroxylation is 1. The number of hydrogen-bond acceptors (Lipinski definition) is 7. The van der Waals surface area contributed by atoms with Gasteiger partial charge in [-0.25, -0.2) is 4.98 Å². The maximum Gasteiger partial charge on any atom is 0.260 e. The third kappa shape index (κ3) is 6.21. The van der Waals surface area contributed by atoms with Crippen molar-refractivity contribution in [1.82, 2.24) is 19.8 Å². The largest absolute Gasteiger partial charge is 0.486 e. The molecule has 8 nitrogen and oxygen atoms in total. The van der Waals surface area contributed by atoms with Gasteiger partial charge in [0.2, 0.25) is 0 Å². The topological polar surface area (TPSA) is 77.0 Å². The number of rotatable bonds is 9. The summed E-state index contributed by atoms with van der Waals surface area (Å²) in [5.41, 5.74) is 4.26. The van der Waals surface area contributed by atoms with Crippen LogP contribution < -0.4 is 9.47 Å². The predicted octanol–water partition coefficient (Wildman–Crippen LogP) is 4.50. The first-order chi connectivity index (χ1) is 17.9. The number of allylic oxidation sites excluding steroid dienone is 2. The number of fused-ring (bicyclic) bond motifs is 1. The van der Waals surface area contributed by atoms with Crippen molar-refractivity contribution in [3.8, 4) is 11.5 Å². The van der Waals surface area contributed by atoms with Gasteiger partial charge < -0.3 is 24.0 Å². The monoisotopic (exact) mass is 522 g/mol. The number of carbonyl (C=O) groups is 1. The molecule has 1 aliphatic rings. The number of nitrogens with zero attached hydrogens (tertiary/aromatic N) is 4. The number of amides is 1. The van der Waals surface area contributed by atoms with Crippen molar-refractivity contribution in [2.45, 2.75) is 13.5 Å². The molecule has 0 radical (unpaired) electrons. The quantitative estimate of drug-likeness (QED) is 0.383. The standard InChI is InChI=1S/C28H31ClN4O4/c1-5-7-24(32(3)4)21-14-19(2)31-28-20(21)8-6-9-25(28)36-17-22-23(29)15-30-16-26(22)37-18-27(34)33-10-12-35-13-11-33/h5-9,14-16H,1,10-13,17-18H2,2-4H3/b24-7-. The van der Waals surface area contributed by atoms with Crippen LogP contribution in [0, 0.1) is 6.92 Å². The van der Waals surface area contributed by atoms with E-state index in [1.165, 1.54) is 6.20 Å². The predicted molar refractivity (Wildman–Crippen MR) is 145 cm³/mol. The Morgan fingerprint density at radius 3 is 2.73 bits per heavy atom. The minimum Gasteiger partial charge on any atom is -0.486 e. The summed E-state index contributed by atoms with van der Waals surface area (Å²) >= 11 is 6.47. The first-order valence-electron chi connectivity index (χ1n) is 12.0. The van der Waals surface area contributed by atoms with Crippen molar-refractivity contribution in [2.75, 3.05) is 47.0 Å². The molecule has 37 heavy (non-hydrogen) atoms. The lowest BCUT2D eigenvalue weighted by molar-refractivity contribution is -0.137. The van der Waals surface area contributed by atoms with Crippen LogP contribution in [0.25, 0.3) is 16.6 Å². The number of morpholine rings is 1. The molecule has 3 aromatic rings. The molecule has 1 amide bonds. The average Bonchev–Trinajstić information content (AvgIpc) is 2.89. The van der Waals surface area contributed by atoms with Gasteiger partial charge in [-0.2, -0.15) is 0 Å². The maximum atomic E-state index is 12.5. The first kappa shape index (κ1) is 26.4. The number of para-hydroxylation sites is 1. The molecule has 1 saturated heterocycles. The second-order valence-electron chi connectivity index (χ2n) is 8.81. The lowest BCUT2D eigenvalue weighted by Gasteiger charge is -2.26. The summed E-state index contributed by atoms with van der Waals surface area (Å²) in [6.45, 7) is 7.99. The van der Waals surface area contributed by atoms with Crippen LogP contribution in [0.3, 0.4) is 0 Å². The molecule has 0 atom stereocenters. The van der Waals surface area contributed by atoms with Crippen molar-refractivity contribution in [3.63, 3.8) is 0 Å². The minimum absolute atomic E-state index is 0.110. The Hall–Kier alpha value is -3.62. The Morgan fingerprint density at radius 2 is 2.00 bits per heavy atom. The smallest absolute Gasteiger partial charge is 0.260 e. The van der Waals surface area contributed by atoms with Gasteiger partial charge in [-0.1, -0.05) is 36.4 Å². The fourth-order valence-electron chi connectivity index (χ4n) is 4.17. The highest BCUT2D eigenvalue weighted by atomic mass is 35.5. The third-order valence-corrected chi connectivity index (χ3v) is 6.34. The van der Waals surface area contributed by atoms with E-state index in [2.05, 4.69) is 17.6 Å². The van der Waals surface area contributed by atoms with Gasteiger partial charge in [-0.05, 0) is 25.1 Å². The van der Waals surface area contributed by atoms with E-state index in [9.17, 15) is 4.79 Å². The van der Waals surface area contributed by atoms with Crippen LogP contribution in [0.1, 0.15) is 16.8 Å². The second-order valence-corrected chi connectivity index (χ2v) is 9.22. The van der Waals surface area contributed by atoms with Crippen LogP contribution in [0.4, 0.5) is 0 Å². The number of benzene rings is 1. The number of ether oxygens (including phenoxy) is 3. The van der Waals surface area contributed by atoms with E-state index in [4.69, 9.17) is 30.8 Å². The molecule has 1 aliphatic heterocycles. The molecule has 4 rings (SSSR count). The second kappa shape index (κ2) is 12.1. The van der Waals surface area contributed by atoms with Gasteiger partial charge in [0.25, 0.3) is 5.91 Å². The minimum atomic E-state index is -0.115. The molecule has 0 aliphatic carbocycles. The van der Waals surface area contributed by atoms with Gasteiger partial charge in [0.15, 0.2) is 6.61 Å². The zero-order valence-electron chi connectivity index (χ0n) is 21.4. The zero-order valence-corrected chi connectivity index (χ0v) is 22.1. The Balaban J connectivity index is 1.59. The molecule has 0 unspecified atom stereocenters. The number of halogens is 1. The van der Waals surface area contributed by atoms with Gasteiger partial charge in [-0.15, -0.1) is 0 Å². The fourth-order valence-corrected chi connectivity index (χ4v) is 4.38. The lowest BCUT2D eigenvalue weighted by atomic mass is 10.0. The molecule has 0 spiro atoms. The van der Waals surface area contributed by atoms with E-state index in [1.54, 1.807) is 17.2 Å². The van der Waals surface area contributed by atoms with E-state index >= 15 is 0 Å². The number of aromatic nitrogens is 2. The van der Waals surface area contributed by atoms with Crippen molar-refractivity contribution in [2.24, 2.45) is 0 Å². The van der Waals surface area contributed by atoms with Gasteiger partial charge in [0, 0.05) is 55.7 Å². The number of hydrogen-bond donors (Lipinski definition) is 0. The van der Waals surface area contributed by atoms with Crippen molar-refractivity contribution < 1.29 is 19.0 Å². The van der Waals surface area contributed by atoms with Crippen LogP contribution >= 0.6 is 11.6 Å². The highest BCUT2D eigenvalue weighted by Crippen LogP contribution is 2.33. The van der Waals surface area contributed by atoms with Crippen LogP contribution in [0.2, 0.25) is 5.02 Å². The SMILES string of the molecule is C=C/C=C(/c1cc(C)nc2c(OCc3c(Cl)cncc3OCC(=O)N3CCOCC3)cccc12)N(C)C. The molecule has 1 aromatic carbocycles. The Bertz CT molecular complexity index is 1320. The molecule has 0 N–H and O–H groups in total. The summed E-state index contributed by atoms with van der Waals surface area (Å²) < 4.78 is 17.4. The molecule has 9 heteroatoms. The molecule has 194 valence electrons. The van der Waals surface area contributed by atoms with Crippen molar-refractivity contribution >= 4 is 34.1 Å². The summed E-state index contributed by atoms with van der Waals surface area (Å²) in [5.74, 6) is 0.908. The van der Waals surface area contributed by atoms with Gasteiger partial charge in [-0.3, -0.25) is 9.78 Å². The lowest BCUT2D eigenvalue weighted by Crippen LogP contribution is -2.43. The van der Waals surface area contributed by atoms with Crippen LogP contribution in [0.15, 0.2) is 55.4 Å². The van der Waals surface area contributed by atoms with E-state index < -0.39 is 0 Å². The van der Waals surface area contributed by atoms with Crippen LogP contribution in [-0.2, 0) is 16.1 Å². The third-order valence-electron chi connectivity index (χ3n) is 6.02. The summed E-state index contributed by atoms with van der Waals surface area (Å²) in [6, 6.07) is 7.89. The fraction of sp³-hybridized carbons (Fsp3) is 0.321. The van der Waals surface area contributed by atoms with E-state index in [0.717, 1.165) is 27.9 Å². The Morgan fingerprint density at radius 1 is 1.22 bits per heavy atom. The molecule has 0 saturated carbocycles. The van der Waals surface area contributed by atoms with E-state index in [0.29, 0.717) is 48.4 Å². The molecule has 0 bridgehead atoms. The van der Waals surface area contributed by atoms with Gasteiger partial charge >= 0.3 is 0 Å². The van der Waals surface area contributed by atoms with E-state index in [1.807, 2.05) is 50.2 Å². The van der Waals surface area contributed by atoms with E-state index in [-0.39, 0.29) is 19.1 Å². The van der Waals surface area contributed by atoms with Crippen molar-refractivity contribution in [1.29, 1.82) is 0 Å². The number of carbonyl (C=O) groups excluding carboxylic acids is 1. The maximum absolute atomic E-state index is 12.5. The Kier molecular flexibility index (Phi) is 8.63. The first-order valence-corrected chi connectivity index (χ1v) is 12.4. The van der Waals surface area contributed by atoms with Crippen LogP contribution in [-0.4, -0.2) is 72.7 Å². The van der Waals surface area contributed by atoms with Gasteiger partial charge in [0.1, 0.15) is 23.6 Å².